The van der Waals surface area contributed by atoms with E-state index in [-0.39, 0.29) is 0 Å². The minimum Gasteiger partial charge on any atom is -0.179 e. The van der Waals surface area contributed by atoms with Crippen molar-refractivity contribution in [1.82, 2.24) is 0 Å². The first-order valence-corrected chi connectivity index (χ1v) is 11.0. The molecule has 0 aliphatic heterocycles. The van der Waals surface area contributed by atoms with Gasteiger partial charge in [0.05, 0.1) is 0 Å². The van der Waals surface area contributed by atoms with Gasteiger partial charge in [-0.1, -0.05) is 93.5 Å². The van der Waals surface area contributed by atoms with Crippen LogP contribution in [0.3, 0.4) is 0 Å². The van der Waals surface area contributed by atoms with E-state index in [0.29, 0.717) is 0 Å². The van der Waals surface area contributed by atoms with Gasteiger partial charge < -0.3 is 0 Å². The average molecular weight is 365 g/mol. The maximum absolute atomic E-state index is 4.28. The molecule has 26 heavy (non-hydrogen) atoms. The van der Waals surface area contributed by atoms with E-state index in [1.807, 2.05) is 0 Å². The molecule has 0 atom stereocenters. The first kappa shape index (κ1) is 19.3. The first-order chi connectivity index (χ1) is 12.9. The second-order valence-corrected chi connectivity index (χ2v) is 7.90. The summed E-state index contributed by atoms with van der Waals surface area (Å²) in [6.07, 6.45) is 13.5. The Hall–Kier alpha value is -1.47. The van der Waals surface area contributed by atoms with E-state index in [9.17, 15) is 0 Å². The van der Waals surface area contributed by atoms with Crippen molar-refractivity contribution in [3.05, 3.63) is 60.2 Å². The standard InChI is InChI=1S/C25H32S/c26-19-13-7-5-3-1-2-4-6-8-18-25-23-16-11-9-14-21(23)20-22-15-10-12-17-24(22)25/h9-12,14-17,20,26H,1-8,13,18-19H2. The van der Waals surface area contributed by atoms with Gasteiger partial charge in [0, 0.05) is 0 Å². The third kappa shape index (κ3) is 5.27. The summed E-state index contributed by atoms with van der Waals surface area (Å²) < 4.78 is 0. The van der Waals surface area contributed by atoms with E-state index >= 15 is 0 Å². The summed E-state index contributed by atoms with van der Waals surface area (Å²) in [6.45, 7) is 0. The van der Waals surface area contributed by atoms with Gasteiger partial charge in [-0.15, -0.1) is 0 Å². The monoisotopic (exact) mass is 364 g/mol. The Balaban J connectivity index is 1.52. The number of benzene rings is 3. The molecule has 0 aliphatic rings. The number of hydrogen-bond acceptors (Lipinski definition) is 1. The van der Waals surface area contributed by atoms with E-state index in [1.54, 1.807) is 5.56 Å². The van der Waals surface area contributed by atoms with Gasteiger partial charge >= 0.3 is 0 Å². The zero-order chi connectivity index (χ0) is 18.0. The summed E-state index contributed by atoms with van der Waals surface area (Å²) >= 11 is 4.28. The van der Waals surface area contributed by atoms with Crippen LogP contribution in [0.15, 0.2) is 54.6 Å². The van der Waals surface area contributed by atoms with Gasteiger partial charge in [0.1, 0.15) is 0 Å². The van der Waals surface area contributed by atoms with Crippen molar-refractivity contribution in [2.45, 2.75) is 64.2 Å². The Kier molecular flexibility index (Phi) is 7.88. The Morgan fingerprint density at radius 2 is 1.00 bits per heavy atom. The van der Waals surface area contributed by atoms with Gasteiger partial charge in [-0.2, -0.15) is 12.6 Å². The van der Waals surface area contributed by atoms with Crippen molar-refractivity contribution in [2.24, 2.45) is 0 Å². The number of thiol groups is 1. The zero-order valence-corrected chi connectivity index (χ0v) is 16.8. The van der Waals surface area contributed by atoms with Crippen LogP contribution in [-0.4, -0.2) is 5.75 Å². The molecule has 3 aromatic carbocycles. The minimum absolute atomic E-state index is 1.04. The molecule has 0 saturated heterocycles. The van der Waals surface area contributed by atoms with E-state index in [1.165, 1.54) is 85.8 Å². The smallest absolute Gasteiger partial charge is 0.00979 e. The molecular formula is C25H32S. The molecular weight excluding hydrogens is 332 g/mol. The van der Waals surface area contributed by atoms with Crippen molar-refractivity contribution in [3.63, 3.8) is 0 Å². The fraction of sp³-hybridized carbons (Fsp3) is 0.440. The second-order valence-electron chi connectivity index (χ2n) is 7.45. The number of hydrogen-bond donors (Lipinski definition) is 1. The fourth-order valence-corrected chi connectivity index (χ4v) is 4.25. The minimum atomic E-state index is 1.04. The third-order valence-corrected chi connectivity index (χ3v) is 5.78. The summed E-state index contributed by atoms with van der Waals surface area (Å²) in [5.41, 5.74) is 1.55. The maximum atomic E-state index is 4.28. The molecule has 3 aromatic rings. The molecule has 0 spiro atoms. The molecule has 0 aliphatic carbocycles. The van der Waals surface area contributed by atoms with E-state index in [2.05, 4.69) is 67.2 Å². The van der Waals surface area contributed by atoms with Gasteiger partial charge in [0.25, 0.3) is 0 Å². The predicted molar refractivity (Wildman–Crippen MR) is 121 cm³/mol. The summed E-state index contributed by atoms with van der Waals surface area (Å²) in [5, 5.41) is 5.63. The van der Waals surface area contributed by atoms with Crippen LogP contribution >= 0.6 is 12.6 Å². The van der Waals surface area contributed by atoms with Gasteiger partial charge in [-0.05, 0) is 58.2 Å². The van der Waals surface area contributed by atoms with Crippen LogP contribution in [-0.2, 0) is 6.42 Å². The first-order valence-electron chi connectivity index (χ1n) is 10.4. The molecule has 0 heterocycles. The van der Waals surface area contributed by atoms with Crippen LogP contribution in [0.4, 0.5) is 0 Å². The van der Waals surface area contributed by atoms with E-state index in [0.717, 1.165) is 5.75 Å². The molecule has 0 nitrogen and oxygen atoms in total. The Morgan fingerprint density at radius 3 is 1.54 bits per heavy atom. The van der Waals surface area contributed by atoms with Gasteiger partial charge in [-0.25, -0.2) is 0 Å². The molecule has 0 amide bonds. The third-order valence-electron chi connectivity index (χ3n) is 5.47. The summed E-state index contributed by atoms with van der Waals surface area (Å²) in [7, 11) is 0. The molecule has 0 fully saturated rings. The molecule has 0 radical (unpaired) electrons. The highest BCUT2D eigenvalue weighted by Gasteiger charge is 2.07. The summed E-state index contributed by atoms with van der Waals surface area (Å²) in [5.74, 6) is 1.04. The largest absolute Gasteiger partial charge is 0.179 e. The van der Waals surface area contributed by atoms with Crippen molar-refractivity contribution < 1.29 is 0 Å². The van der Waals surface area contributed by atoms with Crippen LogP contribution in [0.25, 0.3) is 21.5 Å². The molecule has 1 heteroatoms. The molecule has 0 bridgehead atoms. The van der Waals surface area contributed by atoms with Gasteiger partial charge in [-0.3, -0.25) is 0 Å². The van der Waals surface area contributed by atoms with Crippen molar-refractivity contribution in [2.75, 3.05) is 5.75 Å². The normalized spacial score (nSPS) is 11.4. The van der Waals surface area contributed by atoms with Crippen molar-refractivity contribution >= 4 is 34.2 Å². The zero-order valence-electron chi connectivity index (χ0n) is 15.9. The molecule has 0 aromatic heterocycles. The lowest BCUT2D eigenvalue weighted by atomic mass is 9.93. The topological polar surface area (TPSA) is 0 Å². The molecule has 0 unspecified atom stereocenters. The van der Waals surface area contributed by atoms with Gasteiger partial charge in [0.2, 0.25) is 0 Å². The van der Waals surface area contributed by atoms with Gasteiger partial charge in [0.15, 0.2) is 0 Å². The number of aryl methyl sites for hydroxylation is 1. The Morgan fingerprint density at radius 1 is 0.538 bits per heavy atom. The lowest BCUT2D eigenvalue weighted by molar-refractivity contribution is 0.566. The highest BCUT2D eigenvalue weighted by molar-refractivity contribution is 7.80. The molecule has 0 saturated carbocycles. The Labute approximate surface area is 164 Å². The fourth-order valence-electron chi connectivity index (χ4n) is 4.03. The van der Waals surface area contributed by atoms with Crippen molar-refractivity contribution in [3.8, 4) is 0 Å². The van der Waals surface area contributed by atoms with Crippen LogP contribution in [0.1, 0.15) is 63.4 Å². The van der Waals surface area contributed by atoms with Crippen LogP contribution in [0.5, 0.6) is 0 Å². The molecule has 3 rings (SSSR count). The molecule has 0 N–H and O–H groups in total. The van der Waals surface area contributed by atoms with Crippen LogP contribution < -0.4 is 0 Å². The van der Waals surface area contributed by atoms with Crippen molar-refractivity contribution in [1.29, 1.82) is 0 Å². The number of fused-ring (bicyclic) bond motifs is 2. The second kappa shape index (κ2) is 10.6. The lowest BCUT2D eigenvalue weighted by Gasteiger charge is -2.11. The summed E-state index contributed by atoms with van der Waals surface area (Å²) in [4.78, 5) is 0. The van der Waals surface area contributed by atoms with Crippen LogP contribution in [0.2, 0.25) is 0 Å². The quantitative estimate of drug-likeness (QED) is 0.199. The van der Waals surface area contributed by atoms with E-state index < -0.39 is 0 Å². The highest BCUT2D eigenvalue weighted by atomic mass is 32.1. The number of unbranched alkanes of at least 4 members (excludes halogenated alkanes) is 8. The Bertz CT molecular complexity index is 751. The number of rotatable bonds is 11. The summed E-state index contributed by atoms with van der Waals surface area (Å²) in [6, 6.07) is 20.1. The highest BCUT2D eigenvalue weighted by Crippen LogP contribution is 2.29. The van der Waals surface area contributed by atoms with E-state index in [4.69, 9.17) is 0 Å². The predicted octanol–water partition coefficient (Wildman–Crippen LogP) is 7.98. The van der Waals surface area contributed by atoms with Crippen LogP contribution in [0, 0.1) is 0 Å². The SMILES string of the molecule is SCCCCCCCCCCCc1c2ccccc2cc2ccccc12. The maximum Gasteiger partial charge on any atom is -0.00979 e. The lowest BCUT2D eigenvalue weighted by Crippen LogP contribution is -1.91. The molecule has 138 valence electrons. The average Bonchev–Trinajstić information content (AvgIpc) is 2.68.